The molecule has 0 radical (unpaired) electrons. The number of nitrogens with zero attached hydrogens (tertiary/aromatic N) is 1. The van der Waals surface area contributed by atoms with Crippen molar-refractivity contribution in [2.75, 3.05) is 5.32 Å². The number of carboxylic acids is 1. The Morgan fingerprint density at radius 2 is 2.00 bits per heavy atom. The molecule has 0 spiro atoms. The fourth-order valence-electron chi connectivity index (χ4n) is 1.74. The number of benzene rings is 1. The molecule has 0 aliphatic heterocycles. The molecule has 0 saturated heterocycles. The number of thiazole rings is 1. The monoisotopic (exact) mass is 294 g/mol. The Hall–Kier alpha value is -1.95. The maximum Gasteiger partial charge on any atom is 0.326 e. The van der Waals surface area contributed by atoms with Crippen molar-refractivity contribution in [3.63, 3.8) is 0 Å². The Kier molecular flexibility index (Phi) is 4.34. The van der Waals surface area contributed by atoms with Gasteiger partial charge in [-0.2, -0.15) is 0 Å². The van der Waals surface area contributed by atoms with Crippen molar-refractivity contribution in [2.45, 2.75) is 19.9 Å². The Morgan fingerprint density at radius 3 is 2.55 bits per heavy atom. The average molecular weight is 294 g/mol. The maximum atomic E-state index is 12.9. The minimum atomic E-state index is -0.904. The first-order valence-corrected chi connectivity index (χ1v) is 7.06. The number of hydrogen-bond acceptors (Lipinski definition) is 4. The molecule has 0 fully saturated rings. The number of nitrogens with one attached hydrogen (secondary N) is 1. The molecule has 1 aromatic heterocycles. The molecule has 20 heavy (non-hydrogen) atoms. The second-order valence-electron chi connectivity index (χ2n) is 4.75. The first-order valence-electron chi connectivity index (χ1n) is 6.18. The van der Waals surface area contributed by atoms with E-state index in [9.17, 15) is 9.18 Å². The third-order valence-electron chi connectivity index (χ3n) is 2.86. The predicted octanol–water partition coefficient (Wildman–Crippen LogP) is 3.47. The quantitative estimate of drug-likeness (QED) is 0.886. The fraction of sp³-hybridized carbons (Fsp3) is 0.286. The number of aliphatic carboxylic acids is 1. The van der Waals surface area contributed by atoms with E-state index in [0.29, 0.717) is 10.8 Å². The van der Waals surface area contributed by atoms with Gasteiger partial charge in [0.25, 0.3) is 0 Å². The zero-order valence-electron chi connectivity index (χ0n) is 11.1. The van der Waals surface area contributed by atoms with Crippen LogP contribution in [0.5, 0.6) is 0 Å². The van der Waals surface area contributed by atoms with E-state index in [-0.39, 0.29) is 11.7 Å². The lowest BCUT2D eigenvalue weighted by atomic mass is 10.1. The van der Waals surface area contributed by atoms with Gasteiger partial charge in [0.1, 0.15) is 11.9 Å². The van der Waals surface area contributed by atoms with Crippen LogP contribution in [-0.2, 0) is 4.79 Å². The van der Waals surface area contributed by atoms with Crippen LogP contribution in [0.3, 0.4) is 0 Å². The molecule has 0 unspecified atom stereocenters. The lowest BCUT2D eigenvalue weighted by Crippen LogP contribution is -2.34. The van der Waals surface area contributed by atoms with Crippen molar-refractivity contribution < 1.29 is 14.3 Å². The number of rotatable bonds is 5. The maximum absolute atomic E-state index is 12.9. The summed E-state index contributed by atoms with van der Waals surface area (Å²) in [6, 6.07) is 5.35. The van der Waals surface area contributed by atoms with E-state index in [4.69, 9.17) is 5.11 Å². The van der Waals surface area contributed by atoms with Crippen molar-refractivity contribution in [3.05, 3.63) is 35.5 Å². The Bertz CT molecular complexity index is 595. The van der Waals surface area contributed by atoms with Crippen LogP contribution in [0.25, 0.3) is 11.3 Å². The number of aromatic nitrogens is 1. The summed E-state index contributed by atoms with van der Waals surface area (Å²) >= 11 is 1.33. The average Bonchev–Trinajstić information content (AvgIpc) is 2.84. The van der Waals surface area contributed by atoms with Crippen LogP contribution in [0.1, 0.15) is 13.8 Å². The minimum Gasteiger partial charge on any atom is -0.480 e. The summed E-state index contributed by atoms with van der Waals surface area (Å²) in [7, 11) is 0. The van der Waals surface area contributed by atoms with Crippen molar-refractivity contribution >= 4 is 22.4 Å². The summed E-state index contributed by atoms with van der Waals surface area (Å²) in [6.07, 6.45) is 0. The molecule has 0 aliphatic carbocycles. The SMILES string of the molecule is CC(C)[C@@H](Nc1nc(-c2ccc(F)cc2)cs1)C(=O)O. The van der Waals surface area contributed by atoms with Gasteiger partial charge in [0.05, 0.1) is 5.69 Å². The molecule has 0 bridgehead atoms. The van der Waals surface area contributed by atoms with Gasteiger partial charge in [0.2, 0.25) is 0 Å². The van der Waals surface area contributed by atoms with Gasteiger partial charge in [-0.25, -0.2) is 14.2 Å². The summed E-state index contributed by atoms with van der Waals surface area (Å²) in [5.74, 6) is -1.25. The number of halogens is 1. The van der Waals surface area contributed by atoms with Gasteiger partial charge in [0.15, 0.2) is 5.13 Å². The molecule has 2 N–H and O–H groups in total. The number of carbonyl (C=O) groups is 1. The van der Waals surface area contributed by atoms with Crippen molar-refractivity contribution in [1.82, 2.24) is 4.98 Å². The van der Waals surface area contributed by atoms with Crippen LogP contribution in [0.2, 0.25) is 0 Å². The van der Waals surface area contributed by atoms with Crippen molar-refractivity contribution in [1.29, 1.82) is 0 Å². The summed E-state index contributed by atoms with van der Waals surface area (Å²) in [5.41, 5.74) is 1.50. The second-order valence-corrected chi connectivity index (χ2v) is 5.61. The smallest absolute Gasteiger partial charge is 0.326 e. The van der Waals surface area contributed by atoms with Crippen LogP contribution in [0.15, 0.2) is 29.6 Å². The van der Waals surface area contributed by atoms with E-state index in [1.807, 2.05) is 19.2 Å². The van der Waals surface area contributed by atoms with Crippen LogP contribution in [0, 0.1) is 11.7 Å². The summed E-state index contributed by atoms with van der Waals surface area (Å²) in [4.78, 5) is 15.5. The molecule has 0 saturated carbocycles. The molecule has 0 amide bonds. The molecule has 2 aromatic rings. The first kappa shape index (κ1) is 14.5. The summed E-state index contributed by atoms with van der Waals surface area (Å²) in [5, 5.41) is 14.4. The van der Waals surface area contributed by atoms with E-state index in [0.717, 1.165) is 5.56 Å². The zero-order chi connectivity index (χ0) is 14.7. The highest BCUT2D eigenvalue weighted by atomic mass is 32.1. The van der Waals surface area contributed by atoms with Crippen LogP contribution in [-0.4, -0.2) is 22.1 Å². The Morgan fingerprint density at radius 1 is 1.35 bits per heavy atom. The molecule has 106 valence electrons. The van der Waals surface area contributed by atoms with Gasteiger partial charge >= 0.3 is 5.97 Å². The molecular formula is C14H15FN2O2S. The first-order chi connectivity index (χ1) is 9.47. The third-order valence-corrected chi connectivity index (χ3v) is 3.63. The van der Waals surface area contributed by atoms with Crippen molar-refractivity contribution in [2.24, 2.45) is 5.92 Å². The Labute approximate surface area is 120 Å². The number of carboxylic acid groups (broad SMARTS) is 1. The van der Waals surface area contributed by atoms with Crippen molar-refractivity contribution in [3.8, 4) is 11.3 Å². The van der Waals surface area contributed by atoms with E-state index < -0.39 is 12.0 Å². The highest BCUT2D eigenvalue weighted by Crippen LogP contribution is 2.26. The molecule has 1 aromatic carbocycles. The molecule has 2 rings (SSSR count). The molecule has 0 aliphatic rings. The summed E-state index contributed by atoms with van der Waals surface area (Å²) in [6.45, 7) is 3.67. The van der Waals surface area contributed by atoms with E-state index in [2.05, 4.69) is 10.3 Å². The highest BCUT2D eigenvalue weighted by Gasteiger charge is 2.22. The Balaban J connectivity index is 2.16. The van der Waals surface area contributed by atoms with Gasteiger partial charge < -0.3 is 10.4 Å². The van der Waals surface area contributed by atoms with Gasteiger partial charge in [0, 0.05) is 10.9 Å². The van der Waals surface area contributed by atoms with E-state index in [1.165, 1.54) is 23.5 Å². The molecular weight excluding hydrogens is 279 g/mol. The molecule has 4 nitrogen and oxygen atoms in total. The van der Waals surface area contributed by atoms with Crippen LogP contribution < -0.4 is 5.32 Å². The van der Waals surface area contributed by atoms with Crippen LogP contribution >= 0.6 is 11.3 Å². The highest BCUT2D eigenvalue weighted by molar-refractivity contribution is 7.14. The normalized spacial score (nSPS) is 12.4. The third kappa shape index (κ3) is 3.33. The second kappa shape index (κ2) is 6.00. The van der Waals surface area contributed by atoms with Gasteiger partial charge in [-0.15, -0.1) is 11.3 Å². The molecule has 1 heterocycles. The predicted molar refractivity (Wildman–Crippen MR) is 77.4 cm³/mol. The summed E-state index contributed by atoms with van der Waals surface area (Å²) < 4.78 is 12.9. The van der Waals surface area contributed by atoms with Crippen LogP contribution in [0.4, 0.5) is 9.52 Å². The number of hydrogen-bond donors (Lipinski definition) is 2. The topological polar surface area (TPSA) is 62.2 Å². The lowest BCUT2D eigenvalue weighted by molar-refractivity contribution is -0.138. The minimum absolute atomic E-state index is 0.0503. The lowest BCUT2D eigenvalue weighted by Gasteiger charge is -2.16. The largest absolute Gasteiger partial charge is 0.480 e. The van der Waals surface area contributed by atoms with Gasteiger partial charge in [-0.3, -0.25) is 0 Å². The molecule has 1 atom stereocenters. The van der Waals surface area contributed by atoms with E-state index in [1.54, 1.807) is 12.1 Å². The molecule has 6 heteroatoms. The van der Waals surface area contributed by atoms with Gasteiger partial charge in [-0.1, -0.05) is 13.8 Å². The zero-order valence-corrected chi connectivity index (χ0v) is 11.9. The number of anilines is 1. The van der Waals surface area contributed by atoms with E-state index >= 15 is 0 Å². The fourth-order valence-corrected chi connectivity index (χ4v) is 2.50. The van der Waals surface area contributed by atoms with Gasteiger partial charge in [-0.05, 0) is 30.2 Å². The standard InChI is InChI=1S/C14H15FN2O2S/c1-8(2)12(13(18)19)17-14-16-11(7-20-14)9-3-5-10(15)6-4-9/h3-8,12H,1-2H3,(H,16,17)(H,18,19)/t12-/m1/s1.